The van der Waals surface area contributed by atoms with E-state index in [9.17, 15) is 18.3 Å². The van der Waals surface area contributed by atoms with Crippen LogP contribution in [0.2, 0.25) is 0 Å². The molecule has 1 aromatic heterocycles. The lowest BCUT2D eigenvalue weighted by Crippen LogP contribution is -2.54. The van der Waals surface area contributed by atoms with Crippen molar-refractivity contribution < 1.29 is 23.0 Å². The zero-order valence-electron chi connectivity index (χ0n) is 11.9. The monoisotopic (exact) mass is 343 g/mol. The molecule has 1 aliphatic rings. The number of anilines is 1. The lowest BCUT2D eigenvalue weighted by molar-refractivity contribution is -0.254. The van der Waals surface area contributed by atoms with Gasteiger partial charge in [-0.15, -0.1) is 11.3 Å². The molecule has 0 saturated carbocycles. The van der Waals surface area contributed by atoms with Gasteiger partial charge in [-0.25, -0.2) is 4.98 Å². The van der Waals surface area contributed by atoms with Crippen LogP contribution in [0.25, 0.3) is 11.3 Å². The number of aliphatic hydroxyl groups is 1. The van der Waals surface area contributed by atoms with Crippen molar-refractivity contribution in [2.75, 3.05) is 12.1 Å². The second-order valence-electron chi connectivity index (χ2n) is 4.87. The number of halogens is 3. The van der Waals surface area contributed by atoms with Crippen LogP contribution in [0.5, 0.6) is 5.75 Å². The predicted octanol–water partition coefficient (Wildman–Crippen LogP) is 3.27. The lowest BCUT2D eigenvalue weighted by atomic mass is 10.1. The van der Waals surface area contributed by atoms with Gasteiger partial charge in [-0.1, -0.05) is 0 Å². The molecule has 5 nitrogen and oxygen atoms in total. The maximum atomic E-state index is 13.1. The van der Waals surface area contributed by atoms with Crippen LogP contribution in [-0.2, 0) is 0 Å². The van der Waals surface area contributed by atoms with Gasteiger partial charge in [0.05, 0.1) is 12.8 Å². The Bertz CT molecular complexity index is 730. The van der Waals surface area contributed by atoms with Crippen LogP contribution in [0.1, 0.15) is 6.42 Å². The maximum Gasteiger partial charge on any atom is 0.438 e. The van der Waals surface area contributed by atoms with Gasteiger partial charge in [0.15, 0.2) is 0 Å². The summed E-state index contributed by atoms with van der Waals surface area (Å²) in [7, 11) is 1.54. The molecule has 0 saturated heterocycles. The van der Waals surface area contributed by atoms with E-state index in [0.29, 0.717) is 16.5 Å². The number of hydrazone groups is 1. The van der Waals surface area contributed by atoms with E-state index in [1.165, 1.54) is 0 Å². The summed E-state index contributed by atoms with van der Waals surface area (Å²) in [5, 5.41) is 15.6. The Morgan fingerprint density at radius 3 is 2.61 bits per heavy atom. The van der Waals surface area contributed by atoms with Gasteiger partial charge < -0.3 is 9.84 Å². The smallest absolute Gasteiger partial charge is 0.438 e. The molecule has 1 atom stereocenters. The quantitative estimate of drug-likeness (QED) is 0.929. The zero-order chi connectivity index (χ0) is 16.7. The average Bonchev–Trinajstić information content (AvgIpc) is 3.14. The number of rotatable bonds is 3. The van der Waals surface area contributed by atoms with Crippen molar-refractivity contribution in [1.82, 2.24) is 4.98 Å². The van der Waals surface area contributed by atoms with Crippen molar-refractivity contribution in [3.8, 4) is 17.0 Å². The Balaban J connectivity index is 1.91. The second kappa shape index (κ2) is 5.50. The standard InChI is InChI=1S/C14H12F3N3O2S/c1-22-10-4-2-9(3-5-10)11-8-23-12(19-11)20-13(21,6-7-18-20)14(15,16)17/h2-5,7-8,21H,6H2,1H3/t13-/m0/s1. The Morgan fingerprint density at radius 2 is 2.00 bits per heavy atom. The molecule has 9 heteroatoms. The van der Waals surface area contributed by atoms with E-state index < -0.39 is 18.3 Å². The van der Waals surface area contributed by atoms with E-state index in [4.69, 9.17) is 4.74 Å². The summed E-state index contributed by atoms with van der Waals surface area (Å²) in [6.07, 6.45) is -4.44. The van der Waals surface area contributed by atoms with Gasteiger partial charge in [-0.3, -0.25) is 0 Å². The minimum absolute atomic E-state index is 0.0237. The highest BCUT2D eigenvalue weighted by Crippen LogP contribution is 2.42. The molecule has 1 aromatic carbocycles. The summed E-state index contributed by atoms with van der Waals surface area (Å²) < 4.78 is 44.3. The normalized spacial score (nSPS) is 21.0. The second-order valence-corrected chi connectivity index (χ2v) is 5.71. The molecular weight excluding hydrogens is 331 g/mol. The highest BCUT2D eigenvalue weighted by atomic mass is 32.1. The van der Waals surface area contributed by atoms with Crippen molar-refractivity contribution in [2.24, 2.45) is 5.10 Å². The molecule has 3 rings (SSSR count). The molecule has 0 amide bonds. The van der Waals surface area contributed by atoms with Gasteiger partial charge >= 0.3 is 6.18 Å². The zero-order valence-corrected chi connectivity index (χ0v) is 12.7. The minimum atomic E-state index is -4.84. The van der Waals surface area contributed by atoms with Crippen LogP contribution < -0.4 is 9.75 Å². The Hall–Kier alpha value is -2.13. The number of nitrogens with zero attached hydrogens (tertiary/aromatic N) is 3. The first kappa shape index (κ1) is 15.8. The summed E-state index contributed by atoms with van der Waals surface area (Å²) in [6.45, 7) is 0. The number of hydrogen-bond acceptors (Lipinski definition) is 6. The maximum absolute atomic E-state index is 13.1. The summed E-state index contributed by atoms with van der Waals surface area (Å²) in [6, 6.07) is 6.96. The fourth-order valence-electron chi connectivity index (χ4n) is 2.13. The summed E-state index contributed by atoms with van der Waals surface area (Å²) in [5.41, 5.74) is -1.83. The molecule has 0 unspecified atom stereocenters. The number of benzene rings is 1. The van der Waals surface area contributed by atoms with Crippen LogP contribution in [-0.4, -0.2) is 35.3 Å². The van der Waals surface area contributed by atoms with E-state index >= 15 is 0 Å². The predicted molar refractivity (Wildman–Crippen MR) is 80.7 cm³/mol. The molecular formula is C14H12F3N3O2S. The molecule has 1 N–H and O–H groups in total. The van der Waals surface area contributed by atoms with Crippen molar-refractivity contribution >= 4 is 22.7 Å². The van der Waals surface area contributed by atoms with Crippen LogP contribution in [0.15, 0.2) is 34.7 Å². The number of methoxy groups -OCH3 is 1. The molecule has 2 aromatic rings. The largest absolute Gasteiger partial charge is 0.497 e. The summed E-state index contributed by atoms with van der Waals surface area (Å²) in [4.78, 5) is 4.16. The third-order valence-electron chi connectivity index (χ3n) is 3.44. The van der Waals surface area contributed by atoms with E-state index in [1.54, 1.807) is 36.8 Å². The molecule has 0 aliphatic carbocycles. The first-order chi connectivity index (χ1) is 10.8. The van der Waals surface area contributed by atoms with Gasteiger partial charge in [0.2, 0.25) is 5.13 Å². The number of aromatic nitrogens is 1. The van der Waals surface area contributed by atoms with Gasteiger partial charge in [-0.2, -0.15) is 23.3 Å². The molecule has 0 fully saturated rings. The van der Waals surface area contributed by atoms with Crippen LogP contribution in [0.4, 0.5) is 18.3 Å². The van der Waals surface area contributed by atoms with Gasteiger partial charge in [0, 0.05) is 23.6 Å². The Kier molecular flexibility index (Phi) is 3.77. The summed E-state index contributed by atoms with van der Waals surface area (Å²) in [5.74, 6) is 0.666. The molecule has 2 heterocycles. The Morgan fingerprint density at radius 1 is 1.30 bits per heavy atom. The van der Waals surface area contributed by atoms with Crippen molar-refractivity contribution in [2.45, 2.75) is 18.3 Å². The van der Waals surface area contributed by atoms with E-state index in [1.807, 2.05) is 0 Å². The van der Waals surface area contributed by atoms with Crippen molar-refractivity contribution in [3.63, 3.8) is 0 Å². The lowest BCUT2D eigenvalue weighted by Gasteiger charge is -2.32. The molecule has 0 spiro atoms. The van der Waals surface area contributed by atoms with E-state index in [-0.39, 0.29) is 5.13 Å². The van der Waals surface area contributed by atoms with Gasteiger partial charge in [0.1, 0.15) is 5.75 Å². The average molecular weight is 343 g/mol. The molecule has 0 bridgehead atoms. The summed E-state index contributed by atoms with van der Waals surface area (Å²) >= 11 is 0.980. The van der Waals surface area contributed by atoms with Gasteiger partial charge in [0.25, 0.3) is 5.72 Å². The number of ether oxygens (including phenoxy) is 1. The van der Waals surface area contributed by atoms with Gasteiger partial charge in [-0.05, 0) is 24.3 Å². The van der Waals surface area contributed by atoms with Crippen molar-refractivity contribution in [1.29, 1.82) is 0 Å². The number of alkyl halides is 3. The van der Waals surface area contributed by atoms with Crippen LogP contribution in [0.3, 0.4) is 0 Å². The van der Waals surface area contributed by atoms with Crippen LogP contribution >= 0.6 is 11.3 Å². The van der Waals surface area contributed by atoms with Crippen molar-refractivity contribution in [3.05, 3.63) is 29.6 Å². The number of thiazole rings is 1. The first-order valence-electron chi connectivity index (χ1n) is 6.57. The molecule has 1 aliphatic heterocycles. The Labute approximate surface area is 133 Å². The minimum Gasteiger partial charge on any atom is -0.497 e. The SMILES string of the molecule is COc1ccc(-c2csc(N3N=CC[C@]3(O)C(F)(F)F)n2)cc1. The highest BCUT2D eigenvalue weighted by molar-refractivity contribution is 7.14. The third-order valence-corrected chi connectivity index (χ3v) is 4.25. The third kappa shape index (κ3) is 2.66. The molecule has 23 heavy (non-hydrogen) atoms. The highest BCUT2D eigenvalue weighted by Gasteiger charge is 2.60. The van der Waals surface area contributed by atoms with E-state index in [2.05, 4.69) is 10.1 Å². The first-order valence-corrected chi connectivity index (χ1v) is 7.45. The van der Waals surface area contributed by atoms with E-state index in [0.717, 1.165) is 23.1 Å². The molecule has 0 radical (unpaired) electrons. The fourth-order valence-corrected chi connectivity index (χ4v) is 2.99. The topological polar surface area (TPSA) is 58.0 Å². The molecule has 122 valence electrons. The van der Waals surface area contributed by atoms with Crippen LogP contribution in [0, 0.1) is 0 Å². The number of hydrogen-bond donors (Lipinski definition) is 1. The fraction of sp³-hybridized carbons (Fsp3) is 0.286.